The molecule has 1 heteroatoms. The lowest BCUT2D eigenvalue weighted by Crippen LogP contribution is -2.00. The van der Waals surface area contributed by atoms with Gasteiger partial charge in [0.15, 0.2) is 0 Å². The number of aliphatic hydroxyl groups is 1. The molecule has 0 aliphatic carbocycles. The van der Waals surface area contributed by atoms with E-state index in [0.29, 0.717) is 0 Å². The lowest BCUT2D eigenvalue weighted by molar-refractivity contribution is 0.221. The van der Waals surface area contributed by atoms with Gasteiger partial charge >= 0.3 is 0 Å². The molecule has 0 saturated carbocycles. The van der Waals surface area contributed by atoms with E-state index in [1.54, 1.807) is 0 Å². The van der Waals surface area contributed by atoms with E-state index in [1.807, 2.05) is 6.92 Å². The molecular formula is C9H16O. The van der Waals surface area contributed by atoms with Crippen molar-refractivity contribution in [2.24, 2.45) is 0 Å². The van der Waals surface area contributed by atoms with Gasteiger partial charge in [-0.25, -0.2) is 0 Å². The predicted molar refractivity (Wildman–Crippen MR) is 43.6 cm³/mol. The van der Waals surface area contributed by atoms with Crippen molar-refractivity contribution in [2.45, 2.75) is 45.6 Å². The van der Waals surface area contributed by atoms with E-state index in [-0.39, 0.29) is 0 Å². The highest BCUT2D eigenvalue weighted by molar-refractivity contribution is 5.03. The van der Waals surface area contributed by atoms with Crippen LogP contribution in [-0.2, 0) is 0 Å². The summed E-state index contributed by atoms with van der Waals surface area (Å²) < 4.78 is 0. The second kappa shape index (κ2) is 6.64. The van der Waals surface area contributed by atoms with Gasteiger partial charge in [-0.05, 0) is 12.8 Å². The monoisotopic (exact) mass is 140 g/mol. The molecule has 0 aliphatic heterocycles. The molecule has 0 amide bonds. The molecule has 0 heterocycles. The van der Waals surface area contributed by atoms with Crippen molar-refractivity contribution < 1.29 is 5.11 Å². The molecule has 1 nitrogen and oxygen atoms in total. The molecule has 0 aromatic heterocycles. The van der Waals surface area contributed by atoms with Crippen molar-refractivity contribution in [3.05, 3.63) is 0 Å². The Morgan fingerprint density at radius 2 is 2.00 bits per heavy atom. The van der Waals surface area contributed by atoms with E-state index < -0.39 is 6.10 Å². The quantitative estimate of drug-likeness (QED) is 0.594. The minimum atomic E-state index is -0.392. The highest BCUT2D eigenvalue weighted by atomic mass is 16.3. The Hall–Kier alpha value is -0.480. The first kappa shape index (κ1) is 9.52. The SMILES string of the molecule is CCCC#CC(O)CCC. The molecular weight excluding hydrogens is 124 g/mol. The summed E-state index contributed by atoms with van der Waals surface area (Å²) in [5.74, 6) is 5.71. The Labute approximate surface area is 63.5 Å². The average Bonchev–Trinajstić information content (AvgIpc) is 1.89. The van der Waals surface area contributed by atoms with Crippen LogP contribution in [0.5, 0.6) is 0 Å². The number of hydrogen-bond acceptors (Lipinski definition) is 1. The van der Waals surface area contributed by atoms with Gasteiger partial charge in [-0.2, -0.15) is 0 Å². The van der Waals surface area contributed by atoms with E-state index >= 15 is 0 Å². The van der Waals surface area contributed by atoms with Crippen LogP contribution in [0.25, 0.3) is 0 Å². The van der Waals surface area contributed by atoms with E-state index in [1.165, 1.54) is 0 Å². The van der Waals surface area contributed by atoms with Crippen LogP contribution in [-0.4, -0.2) is 11.2 Å². The van der Waals surface area contributed by atoms with Crippen LogP contribution in [0.2, 0.25) is 0 Å². The maximum Gasteiger partial charge on any atom is 0.114 e. The second-order valence-electron chi connectivity index (χ2n) is 2.38. The molecule has 0 bridgehead atoms. The van der Waals surface area contributed by atoms with Gasteiger partial charge in [0.05, 0.1) is 0 Å². The topological polar surface area (TPSA) is 20.2 Å². The Balaban J connectivity index is 3.37. The third-order valence-corrected chi connectivity index (χ3v) is 1.21. The lowest BCUT2D eigenvalue weighted by Gasteiger charge is -1.96. The third kappa shape index (κ3) is 5.65. The Morgan fingerprint density at radius 3 is 2.50 bits per heavy atom. The standard InChI is InChI=1S/C9H16O/c1-3-5-6-8-9(10)7-4-2/h9-10H,3-5,7H2,1-2H3. The number of hydrogen-bond donors (Lipinski definition) is 1. The molecule has 0 aromatic carbocycles. The van der Waals surface area contributed by atoms with Gasteiger partial charge < -0.3 is 5.11 Å². The molecule has 0 aromatic rings. The van der Waals surface area contributed by atoms with Crippen LogP contribution in [0.1, 0.15) is 39.5 Å². The molecule has 1 N–H and O–H groups in total. The van der Waals surface area contributed by atoms with Crippen molar-refractivity contribution in [2.75, 3.05) is 0 Å². The smallest absolute Gasteiger partial charge is 0.114 e. The maximum absolute atomic E-state index is 9.10. The first-order valence-electron chi connectivity index (χ1n) is 3.97. The zero-order valence-electron chi connectivity index (χ0n) is 6.85. The molecule has 10 heavy (non-hydrogen) atoms. The van der Waals surface area contributed by atoms with Gasteiger partial charge in [0.2, 0.25) is 0 Å². The molecule has 0 spiro atoms. The van der Waals surface area contributed by atoms with Gasteiger partial charge in [-0.1, -0.05) is 26.2 Å². The van der Waals surface area contributed by atoms with Crippen LogP contribution in [0, 0.1) is 11.8 Å². The van der Waals surface area contributed by atoms with E-state index in [9.17, 15) is 0 Å². The highest BCUT2D eigenvalue weighted by Crippen LogP contribution is 1.93. The fraction of sp³-hybridized carbons (Fsp3) is 0.778. The van der Waals surface area contributed by atoms with Crippen molar-refractivity contribution >= 4 is 0 Å². The first-order chi connectivity index (χ1) is 4.81. The molecule has 0 fully saturated rings. The summed E-state index contributed by atoms with van der Waals surface area (Å²) in [5, 5.41) is 9.10. The van der Waals surface area contributed by atoms with Crippen molar-refractivity contribution in [1.29, 1.82) is 0 Å². The summed E-state index contributed by atoms with van der Waals surface area (Å²) in [6, 6.07) is 0. The minimum absolute atomic E-state index is 0.392. The summed E-state index contributed by atoms with van der Waals surface area (Å²) in [5.41, 5.74) is 0. The Morgan fingerprint density at radius 1 is 1.30 bits per heavy atom. The molecule has 1 unspecified atom stereocenters. The molecule has 58 valence electrons. The number of aliphatic hydroxyl groups excluding tert-OH is 1. The predicted octanol–water partition coefficient (Wildman–Crippen LogP) is 1.95. The maximum atomic E-state index is 9.10. The van der Waals surface area contributed by atoms with Crippen molar-refractivity contribution in [1.82, 2.24) is 0 Å². The van der Waals surface area contributed by atoms with Gasteiger partial charge in [0.1, 0.15) is 6.10 Å². The summed E-state index contributed by atoms with van der Waals surface area (Å²) >= 11 is 0. The summed E-state index contributed by atoms with van der Waals surface area (Å²) in [4.78, 5) is 0. The summed E-state index contributed by atoms with van der Waals surface area (Å²) in [6.07, 6.45) is 3.39. The average molecular weight is 140 g/mol. The van der Waals surface area contributed by atoms with E-state index in [0.717, 1.165) is 25.7 Å². The van der Waals surface area contributed by atoms with Crippen molar-refractivity contribution in [3.8, 4) is 11.8 Å². The molecule has 0 radical (unpaired) electrons. The van der Waals surface area contributed by atoms with Crippen LogP contribution in [0.4, 0.5) is 0 Å². The normalized spacial score (nSPS) is 11.9. The van der Waals surface area contributed by atoms with Crippen LogP contribution in [0.3, 0.4) is 0 Å². The number of rotatable bonds is 3. The third-order valence-electron chi connectivity index (χ3n) is 1.21. The zero-order valence-corrected chi connectivity index (χ0v) is 6.85. The van der Waals surface area contributed by atoms with Gasteiger partial charge in [-0.3, -0.25) is 0 Å². The molecule has 1 atom stereocenters. The summed E-state index contributed by atoms with van der Waals surface area (Å²) in [6.45, 7) is 4.13. The number of unbranched alkanes of at least 4 members (excludes halogenated alkanes) is 1. The summed E-state index contributed by atoms with van der Waals surface area (Å²) in [7, 11) is 0. The molecule has 0 aliphatic rings. The van der Waals surface area contributed by atoms with Crippen LogP contribution >= 0.6 is 0 Å². The van der Waals surface area contributed by atoms with Gasteiger partial charge in [-0.15, -0.1) is 5.92 Å². The van der Waals surface area contributed by atoms with Crippen LogP contribution < -0.4 is 0 Å². The Kier molecular flexibility index (Phi) is 6.32. The fourth-order valence-electron chi connectivity index (χ4n) is 0.661. The highest BCUT2D eigenvalue weighted by Gasteiger charge is 1.93. The largest absolute Gasteiger partial charge is 0.380 e. The van der Waals surface area contributed by atoms with Gasteiger partial charge in [0, 0.05) is 6.42 Å². The van der Waals surface area contributed by atoms with Gasteiger partial charge in [0.25, 0.3) is 0 Å². The van der Waals surface area contributed by atoms with Crippen molar-refractivity contribution in [3.63, 3.8) is 0 Å². The van der Waals surface area contributed by atoms with E-state index in [2.05, 4.69) is 18.8 Å². The fourth-order valence-corrected chi connectivity index (χ4v) is 0.661. The molecule has 0 rings (SSSR count). The molecule has 0 saturated heterocycles. The first-order valence-corrected chi connectivity index (χ1v) is 3.97. The lowest BCUT2D eigenvalue weighted by atomic mass is 10.2. The van der Waals surface area contributed by atoms with Crippen LogP contribution in [0.15, 0.2) is 0 Å². The second-order valence-corrected chi connectivity index (χ2v) is 2.38. The zero-order chi connectivity index (χ0) is 7.82. The minimum Gasteiger partial charge on any atom is -0.380 e. The van der Waals surface area contributed by atoms with E-state index in [4.69, 9.17) is 5.11 Å². The Bertz CT molecular complexity index is 118.